The van der Waals surface area contributed by atoms with Gasteiger partial charge >= 0.3 is 0 Å². The fourth-order valence-corrected chi connectivity index (χ4v) is 2.58. The lowest BCUT2D eigenvalue weighted by molar-refractivity contribution is 0.0281. The Labute approximate surface area is 112 Å². The summed E-state index contributed by atoms with van der Waals surface area (Å²) >= 11 is 0. The van der Waals surface area contributed by atoms with Gasteiger partial charge in [0.2, 0.25) is 0 Å². The Hall–Kier alpha value is -0.860. The van der Waals surface area contributed by atoms with Gasteiger partial charge in [-0.15, -0.1) is 0 Å². The number of aliphatic hydroxyl groups excluding tert-OH is 1. The van der Waals surface area contributed by atoms with E-state index in [1.54, 1.807) is 0 Å². The molecule has 1 aromatic carbocycles. The molecule has 0 saturated carbocycles. The number of aliphatic hydroxyl groups is 1. The van der Waals surface area contributed by atoms with Gasteiger partial charge in [-0.2, -0.15) is 0 Å². The van der Waals surface area contributed by atoms with Gasteiger partial charge in [-0.25, -0.2) is 0 Å². The lowest BCUT2D eigenvalue weighted by Gasteiger charge is -2.37. The molecule has 0 aliphatic carbocycles. The van der Waals surface area contributed by atoms with E-state index in [4.69, 9.17) is 0 Å². The molecule has 2 nitrogen and oxygen atoms in total. The molecule has 0 heterocycles. The van der Waals surface area contributed by atoms with Gasteiger partial charge in [0.15, 0.2) is 0 Å². The van der Waals surface area contributed by atoms with Crippen LogP contribution in [0.5, 0.6) is 0 Å². The van der Waals surface area contributed by atoms with E-state index < -0.39 is 6.10 Å². The predicted molar refractivity (Wildman–Crippen MR) is 77.6 cm³/mol. The van der Waals surface area contributed by atoms with Crippen LogP contribution in [-0.4, -0.2) is 28.6 Å². The van der Waals surface area contributed by atoms with Crippen LogP contribution >= 0.6 is 0 Å². The molecule has 2 heteroatoms. The van der Waals surface area contributed by atoms with Crippen molar-refractivity contribution in [3.63, 3.8) is 0 Å². The SMILES string of the molecule is CCCN(C(C)C)C(CC)C(O)c1ccccc1. The molecule has 1 aromatic rings. The minimum absolute atomic E-state index is 0.201. The quantitative estimate of drug-likeness (QED) is 0.798. The Morgan fingerprint density at radius 1 is 1.11 bits per heavy atom. The molecular formula is C16H27NO. The van der Waals surface area contributed by atoms with Crippen molar-refractivity contribution in [2.45, 2.75) is 58.7 Å². The van der Waals surface area contributed by atoms with Crippen molar-refractivity contribution in [3.8, 4) is 0 Å². The summed E-state index contributed by atoms with van der Waals surface area (Å²) in [4.78, 5) is 2.41. The maximum Gasteiger partial charge on any atom is 0.0945 e. The topological polar surface area (TPSA) is 23.5 Å². The standard InChI is InChI=1S/C16H27NO/c1-5-12-17(13(3)4)15(6-2)16(18)14-10-8-7-9-11-14/h7-11,13,15-16,18H,5-6,12H2,1-4H3. The van der Waals surface area contributed by atoms with Crippen LogP contribution in [0.3, 0.4) is 0 Å². The van der Waals surface area contributed by atoms with E-state index in [2.05, 4.69) is 32.6 Å². The smallest absolute Gasteiger partial charge is 0.0945 e. The second kappa shape index (κ2) is 7.55. The van der Waals surface area contributed by atoms with Crippen LogP contribution in [0.2, 0.25) is 0 Å². The van der Waals surface area contributed by atoms with Crippen LogP contribution < -0.4 is 0 Å². The zero-order valence-electron chi connectivity index (χ0n) is 12.1. The lowest BCUT2D eigenvalue weighted by Crippen LogP contribution is -2.44. The monoisotopic (exact) mass is 249 g/mol. The molecule has 0 radical (unpaired) electrons. The summed E-state index contributed by atoms with van der Waals surface area (Å²) in [6.45, 7) is 9.80. The average Bonchev–Trinajstić information content (AvgIpc) is 2.39. The van der Waals surface area contributed by atoms with E-state index in [9.17, 15) is 5.11 Å². The molecule has 0 saturated heterocycles. The van der Waals surface area contributed by atoms with Crippen molar-refractivity contribution >= 4 is 0 Å². The number of hydrogen-bond donors (Lipinski definition) is 1. The van der Waals surface area contributed by atoms with Crippen molar-refractivity contribution in [2.24, 2.45) is 0 Å². The molecule has 0 amide bonds. The normalized spacial score (nSPS) is 15.1. The lowest BCUT2D eigenvalue weighted by atomic mass is 9.97. The highest BCUT2D eigenvalue weighted by atomic mass is 16.3. The van der Waals surface area contributed by atoms with Crippen molar-refractivity contribution < 1.29 is 5.11 Å². The molecule has 0 aliphatic heterocycles. The first-order valence-corrected chi connectivity index (χ1v) is 7.10. The van der Waals surface area contributed by atoms with Gasteiger partial charge in [-0.05, 0) is 38.8 Å². The summed E-state index contributed by atoms with van der Waals surface area (Å²) in [6.07, 6.45) is 1.69. The second-order valence-electron chi connectivity index (χ2n) is 5.16. The molecule has 2 atom stereocenters. The largest absolute Gasteiger partial charge is 0.387 e. The third-order valence-electron chi connectivity index (χ3n) is 3.49. The third-order valence-corrected chi connectivity index (χ3v) is 3.49. The summed E-state index contributed by atoms with van der Waals surface area (Å²) < 4.78 is 0. The van der Waals surface area contributed by atoms with Gasteiger partial charge in [0.1, 0.15) is 0 Å². The molecule has 0 aromatic heterocycles. The first-order valence-electron chi connectivity index (χ1n) is 7.10. The number of hydrogen-bond acceptors (Lipinski definition) is 2. The van der Waals surface area contributed by atoms with Gasteiger partial charge in [0, 0.05) is 12.1 Å². The zero-order chi connectivity index (χ0) is 13.5. The Bertz CT molecular complexity index is 323. The molecule has 0 aliphatic rings. The van der Waals surface area contributed by atoms with E-state index in [1.807, 2.05) is 30.3 Å². The average molecular weight is 249 g/mol. The van der Waals surface area contributed by atoms with E-state index in [1.165, 1.54) is 0 Å². The van der Waals surface area contributed by atoms with Gasteiger partial charge < -0.3 is 5.11 Å². The van der Waals surface area contributed by atoms with Crippen LogP contribution in [0.4, 0.5) is 0 Å². The molecule has 18 heavy (non-hydrogen) atoms. The molecule has 0 spiro atoms. The van der Waals surface area contributed by atoms with E-state index in [0.29, 0.717) is 6.04 Å². The Morgan fingerprint density at radius 2 is 1.72 bits per heavy atom. The first kappa shape index (κ1) is 15.2. The molecule has 1 N–H and O–H groups in total. The van der Waals surface area contributed by atoms with E-state index in [-0.39, 0.29) is 6.04 Å². The maximum atomic E-state index is 10.6. The van der Waals surface area contributed by atoms with Crippen molar-refractivity contribution in [1.82, 2.24) is 4.90 Å². The van der Waals surface area contributed by atoms with Crippen molar-refractivity contribution in [2.75, 3.05) is 6.54 Å². The minimum Gasteiger partial charge on any atom is -0.387 e. The van der Waals surface area contributed by atoms with Gasteiger partial charge in [-0.1, -0.05) is 44.2 Å². The molecule has 102 valence electrons. The van der Waals surface area contributed by atoms with E-state index in [0.717, 1.165) is 24.9 Å². The van der Waals surface area contributed by atoms with Gasteiger partial charge in [0.05, 0.1) is 6.10 Å². The fraction of sp³-hybridized carbons (Fsp3) is 0.625. The number of nitrogens with zero attached hydrogens (tertiary/aromatic N) is 1. The van der Waals surface area contributed by atoms with Crippen LogP contribution in [0, 0.1) is 0 Å². The second-order valence-corrected chi connectivity index (χ2v) is 5.16. The zero-order valence-corrected chi connectivity index (χ0v) is 12.1. The highest BCUT2D eigenvalue weighted by Gasteiger charge is 2.26. The first-order chi connectivity index (χ1) is 8.61. The summed E-state index contributed by atoms with van der Waals surface area (Å²) in [5.41, 5.74) is 1.02. The van der Waals surface area contributed by atoms with Gasteiger partial charge in [0.25, 0.3) is 0 Å². The summed E-state index contributed by atoms with van der Waals surface area (Å²) in [5.74, 6) is 0. The maximum absolute atomic E-state index is 10.6. The van der Waals surface area contributed by atoms with E-state index >= 15 is 0 Å². The highest BCUT2D eigenvalue weighted by molar-refractivity contribution is 5.19. The van der Waals surface area contributed by atoms with Crippen molar-refractivity contribution in [3.05, 3.63) is 35.9 Å². The number of rotatable bonds is 7. The van der Waals surface area contributed by atoms with Crippen LogP contribution in [0.15, 0.2) is 30.3 Å². The molecule has 1 rings (SSSR count). The van der Waals surface area contributed by atoms with Gasteiger partial charge in [-0.3, -0.25) is 4.90 Å². The molecule has 0 fully saturated rings. The predicted octanol–water partition coefficient (Wildman–Crippen LogP) is 3.62. The fourth-order valence-electron chi connectivity index (χ4n) is 2.58. The minimum atomic E-state index is -0.398. The van der Waals surface area contributed by atoms with Crippen LogP contribution in [0.25, 0.3) is 0 Å². The molecule has 0 bridgehead atoms. The Morgan fingerprint density at radius 3 is 2.17 bits per heavy atom. The Kier molecular flexibility index (Phi) is 6.37. The molecule has 2 unspecified atom stereocenters. The van der Waals surface area contributed by atoms with Crippen LogP contribution in [0.1, 0.15) is 52.2 Å². The van der Waals surface area contributed by atoms with Crippen molar-refractivity contribution in [1.29, 1.82) is 0 Å². The Balaban J connectivity index is 2.87. The summed E-state index contributed by atoms with van der Waals surface area (Å²) in [5, 5.41) is 10.6. The highest BCUT2D eigenvalue weighted by Crippen LogP contribution is 2.25. The summed E-state index contributed by atoms with van der Waals surface area (Å²) in [6, 6.07) is 10.7. The third kappa shape index (κ3) is 3.82. The summed E-state index contributed by atoms with van der Waals surface area (Å²) in [7, 11) is 0. The van der Waals surface area contributed by atoms with Crippen LogP contribution in [-0.2, 0) is 0 Å². The number of benzene rings is 1. The molecular weight excluding hydrogens is 222 g/mol.